The third-order valence-electron chi connectivity index (χ3n) is 19.8. The van der Waals surface area contributed by atoms with Crippen LogP contribution in [0.4, 0.5) is 0 Å². The molecule has 0 spiro atoms. The van der Waals surface area contributed by atoms with Gasteiger partial charge in [-0.25, -0.2) is 0 Å². The highest BCUT2D eigenvalue weighted by Crippen LogP contribution is 2.78. The summed E-state index contributed by atoms with van der Waals surface area (Å²) in [4.78, 5) is 0. The third kappa shape index (κ3) is 7.45. The first-order valence-electron chi connectivity index (χ1n) is 23.9. The number of aliphatic hydroxyl groups is 10. The summed E-state index contributed by atoms with van der Waals surface area (Å²) in [6.45, 7) is 19.0. The Morgan fingerprint density at radius 3 is 1.87 bits per heavy atom. The Hall–Kier alpha value is -0.640. The van der Waals surface area contributed by atoms with Crippen molar-refractivity contribution in [3.63, 3.8) is 0 Å². The molecule has 3 saturated heterocycles. The van der Waals surface area contributed by atoms with Crippen LogP contribution in [0.2, 0.25) is 0 Å². The van der Waals surface area contributed by atoms with E-state index in [-0.39, 0.29) is 51.6 Å². The van der Waals surface area contributed by atoms with E-state index in [2.05, 4.69) is 41.5 Å². The van der Waals surface area contributed by atoms with E-state index in [0.717, 1.165) is 51.4 Å². The van der Waals surface area contributed by atoms with Crippen LogP contribution in [0, 0.1) is 56.7 Å². The first-order valence-corrected chi connectivity index (χ1v) is 23.9. The Balaban J connectivity index is 0.966. The Kier molecular flexibility index (Phi) is 13.0. The number of fused-ring (bicyclic) bond motifs is 7. The highest BCUT2D eigenvalue weighted by molar-refractivity contribution is 5.21. The van der Waals surface area contributed by atoms with Crippen LogP contribution >= 0.6 is 0 Å². The van der Waals surface area contributed by atoms with E-state index in [1.807, 2.05) is 13.8 Å². The molecule has 0 bridgehead atoms. The molecule has 63 heavy (non-hydrogen) atoms. The fourth-order valence-electron chi connectivity index (χ4n) is 16.4. The lowest BCUT2D eigenvalue weighted by Gasteiger charge is -2.74. The maximum atomic E-state index is 12.6. The topological polar surface area (TPSA) is 258 Å². The molecule has 0 amide bonds. The third-order valence-corrected chi connectivity index (χ3v) is 19.8. The molecule has 5 saturated carbocycles. The largest absolute Gasteiger partial charge is 0.394 e. The van der Waals surface area contributed by atoms with Gasteiger partial charge in [-0.1, -0.05) is 41.5 Å². The van der Waals surface area contributed by atoms with Crippen molar-refractivity contribution in [1.82, 2.24) is 0 Å². The van der Waals surface area contributed by atoms with Crippen LogP contribution in [0.15, 0.2) is 0 Å². The van der Waals surface area contributed by atoms with E-state index >= 15 is 0 Å². The van der Waals surface area contributed by atoms with E-state index in [4.69, 9.17) is 28.4 Å². The second kappa shape index (κ2) is 16.8. The number of ether oxygens (including phenoxy) is 6. The first-order chi connectivity index (χ1) is 29.3. The first kappa shape index (κ1) is 48.8. The van der Waals surface area contributed by atoms with Gasteiger partial charge in [0, 0.05) is 0 Å². The van der Waals surface area contributed by atoms with E-state index < -0.39 is 104 Å². The van der Waals surface area contributed by atoms with Gasteiger partial charge in [0.15, 0.2) is 18.9 Å². The van der Waals surface area contributed by atoms with Gasteiger partial charge in [0.05, 0.1) is 37.1 Å². The lowest BCUT2D eigenvalue weighted by Crippen LogP contribution is -2.69. The molecule has 16 nitrogen and oxygen atoms in total. The predicted molar refractivity (Wildman–Crippen MR) is 224 cm³/mol. The Bertz CT molecular complexity index is 1630. The molecule has 10 N–H and O–H groups in total. The summed E-state index contributed by atoms with van der Waals surface area (Å²) in [6.07, 6.45) is -11.6. The monoisotopic (exact) mass is 901 g/mol. The van der Waals surface area contributed by atoms with Crippen LogP contribution in [-0.2, 0) is 28.4 Å². The summed E-state index contributed by atoms with van der Waals surface area (Å²) in [7, 11) is 0. The molecule has 0 aromatic carbocycles. The SMILES string of the molecule is CC1OC(OC2C(CO)OC(OC(C)(C)C3CCC4(C)C3C(O)CC3(C)C4CCC4C5(C)CCC(OC6OCC(O)C(O)C6O)C(C)(C)C5CCC43C)C(O)C2O)C(O)C(O)C1O. The molecule has 8 aliphatic rings. The van der Waals surface area contributed by atoms with Gasteiger partial charge in [-0.3, -0.25) is 0 Å². The molecular weight excluding hydrogens is 821 g/mol. The van der Waals surface area contributed by atoms with Crippen LogP contribution in [0.25, 0.3) is 0 Å². The number of hydrogen-bond donors (Lipinski definition) is 10. The van der Waals surface area contributed by atoms with Crippen LogP contribution in [0.1, 0.15) is 120 Å². The van der Waals surface area contributed by atoms with Crippen LogP contribution < -0.4 is 0 Å². The van der Waals surface area contributed by atoms with Crippen molar-refractivity contribution in [2.75, 3.05) is 13.2 Å². The molecule has 0 aromatic heterocycles. The lowest BCUT2D eigenvalue weighted by molar-refractivity contribution is -0.368. The van der Waals surface area contributed by atoms with Crippen molar-refractivity contribution in [2.24, 2.45) is 56.7 Å². The highest BCUT2D eigenvalue weighted by Gasteiger charge is 2.73. The lowest BCUT2D eigenvalue weighted by atomic mass is 9.31. The minimum atomic E-state index is -1.66. The molecule has 364 valence electrons. The summed E-state index contributed by atoms with van der Waals surface area (Å²) in [5.74, 6) is 0.868. The van der Waals surface area contributed by atoms with Crippen molar-refractivity contribution in [2.45, 2.75) is 224 Å². The van der Waals surface area contributed by atoms with E-state index in [1.54, 1.807) is 0 Å². The molecule has 0 radical (unpaired) electrons. The average molecular weight is 901 g/mol. The zero-order valence-corrected chi connectivity index (χ0v) is 38.8. The molecule has 8 fully saturated rings. The molecule has 3 aliphatic heterocycles. The molecule has 5 aliphatic carbocycles. The summed E-state index contributed by atoms with van der Waals surface area (Å²) in [6, 6.07) is 0. The fraction of sp³-hybridized carbons (Fsp3) is 1.00. The molecule has 25 unspecified atom stereocenters. The normalized spacial score (nSPS) is 57.1. The van der Waals surface area contributed by atoms with Gasteiger partial charge in [-0.2, -0.15) is 0 Å². The van der Waals surface area contributed by atoms with E-state index in [9.17, 15) is 51.1 Å². The molecule has 16 heteroatoms. The minimum absolute atomic E-state index is 0.0100. The zero-order chi connectivity index (χ0) is 46.1. The quantitative estimate of drug-likeness (QED) is 0.154. The number of hydrogen-bond acceptors (Lipinski definition) is 16. The molecule has 8 rings (SSSR count). The van der Waals surface area contributed by atoms with Gasteiger partial charge in [0.25, 0.3) is 0 Å². The molecule has 25 atom stereocenters. The van der Waals surface area contributed by atoms with Crippen molar-refractivity contribution >= 4 is 0 Å². The standard InChI is InChI=1S/C47H80O16/c1-21-31(51)33(53)36(56)40(59-21)62-38-25(19-48)60-41(37(57)34(38)54)63-43(4,5)22-12-15-45(7)28-11-10-27-44(6)16-14-29(61-39-35(55)32(52)24(50)20-58-39)42(2,3)26(44)13-17-46(27,8)47(28,9)18-23(49)30(22)45/h21-41,48-57H,10-20H2,1-9H3. The summed E-state index contributed by atoms with van der Waals surface area (Å²) < 4.78 is 36.3. The van der Waals surface area contributed by atoms with E-state index in [0.29, 0.717) is 24.2 Å². The molecule has 3 heterocycles. The van der Waals surface area contributed by atoms with Gasteiger partial charge in [0.1, 0.15) is 61.0 Å². The fourth-order valence-corrected chi connectivity index (χ4v) is 16.4. The van der Waals surface area contributed by atoms with E-state index in [1.165, 1.54) is 6.92 Å². The molecular formula is C47H80O16. The highest BCUT2D eigenvalue weighted by atomic mass is 16.7. The van der Waals surface area contributed by atoms with Gasteiger partial charge in [0.2, 0.25) is 0 Å². The van der Waals surface area contributed by atoms with Crippen LogP contribution in [0.3, 0.4) is 0 Å². The summed E-state index contributed by atoms with van der Waals surface area (Å²) in [5, 5.41) is 108. The van der Waals surface area contributed by atoms with Gasteiger partial charge in [-0.05, 0) is 135 Å². The zero-order valence-electron chi connectivity index (χ0n) is 38.8. The minimum Gasteiger partial charge on any atom is -0.394 e. The Morgan fingerprint density at radius 1 is 0.587 bits per heavy atom. The second-order valence-electron chi connectivity index (χ2n) is 23.5. The Morgan fingerprint density at radius 2 is 1.21 bits per heavy atom. The van der Waals surface area contributed by atoms with Crippen LogP contribution in [0.5, 0.6) is 0 Å². The van der Waals surface area contributed by atoms with Crippen molar-refractivity contribution in [1.29, 1.82) is 0 Å². The van der Waals surface area contributed by atoms with Crippen molar-refractivity contribution in [3.8, 4) is 0 Å². The molecule has 0 aromatic rings. The predicted octanol–water partition coefficient (Wildman–Crippen LogP) is 1.33. The number of aliphatic hydroxyl groups excluding tert-OH is 10. The maximum Gasteiger partial charge on any atom is 0.187 e. The Labute approximate surface area is 372 Å². The van der Waals surface area contributed by atoms with Crippen molar-refractivity contribution in [3.05, 3.63) is 0 Å². The van der Waals surface area contributed by atoms with Crippen LogP contribution in [-0.4, -0.2) is 168 Å². The van der Waals surface area contributed by atoms with Gasteiger partial charge in [-0.15, -0.1) is 0 Å². The second-order valence-corrected chi connectivity index (χ2v) is 23.5. The van der Waals surface area contributed by atoms with Gasteiger partial charge < -0.3 is 79.5 Å². The van der Waals surface area contributed by atoms with Gasteiger partial charge >= 0.3 is 0 Å². The number of rotatable bonds is 8. The van der Waals surface area contributed by atoms with Crippen molar-refractivity contribution < 1.29 is 79.5 Å². The summed E-state index contributed by atoms with van der Waals surface area (Å²) >= 11 is 0. The summed E-state index contributed by atoms with van der Waals surface area (Å²) in [5.41, 5.74) is -1.59. The smallest absolute Gasteiger partial charge is 0.187 e. The average Bonchev–Trinajstić information content (AvgIpc) is 3.59. The maximum absolute atomic E-state index is 12.6.